The molecular formula is C39H23N3OS. The zero-order valence-electron chi connectivity index (χ0n) is 28.1. The second-order valence-corrected chi connectivity index (χ2v) is 11.5. The summed E-state index contributed by atoms with van der Waals surface area (Å²) in [7, 11) is 0. The summed E-state index contributed by atoms with van der Waals surface area (Å²) in [5.41, 5.74) is 4.84. The molecule has 0 N–H and O–H groups in total. The maximum Gasteiger partial charge on any atom is 0.164 e. The van der Waals surface area contributed by atoms with E-state index in [-0.39, 0.29) is 29.7 Å². The van der Waals surface area contributed by atoms with Crippen molar-refractivity contribution in [1.29, 1.82) is 0 Å². The van der Waals surface area contributed by atoms with Crippen molar-refractivity contribution in [3.05, 3.63) is 139 Å². The Kier molecular flexibility index (Phi) is 4.60. The fourth-order valence-electron chi connectivity index (χ4n) is 5.73. The van der Waals surface area contributed by atoms with E-state index in [9.17, 15) is 0 Å². The standard InChI is InChI=1S/C39H23N3OS/c1-3-10-24(11-4-1)28-15-9-16-32-31-21-19-27(23-35(31)44-36(28)32)39-41-37(25-12-5-2-6-13-25)40-38(42-39)26-18-20-30-29-14-7-8-17-33(29)43-34(30)22-26/h1-23H/i1D,3D,4D,10D,11D. The first-order valence-electron chi connectivity index (χ1n) is 16.6. The van der Waals surface area contributed by atoms with E-state index in [1.165, 1.54) is 11.3 Å². The zero-order valence-corrected chi connectivity index (χ0v) is 23.9. The summed E-state index contributed by atoms with van der Waals surface area (Å²) in [6.45, 7) is 0. The Hall–Kier alpha value is -5.65. The number of nitrogens with zero attached hydrogens (tertiary/aromatic N) is 3. The normalized spacial score (nSPS) is 13.2. The number of hydrogen-bond acceptors (Lipinski definition) is 5. The second kappa shape index (κ2) is 9.97. The smallest absolute Gasteiger partial charge is 0.164 e. The molecule has 0 saturated heterocycles. The van der Waals surface area contributed by atoms with Gasteiger partial charge in [-0.15, -0.1) is 11.3 Å². The molecule has 44 heavy (non-hydrogen) atoms. The average Bonchev–Trinajstić information content (AvgIpc) is 3.71. The van der Waals surface area contributed by atoms with Gasteiger partial charge in [0, 0.05) is 47.6 Å². The van der Waals surface area contributed by atoms with Gasteiger partial charge in [-0.05, 0) is 35.4 Å². The van der Waals surface area contributed by atoms with Crippen LogP contribution in [0.1, 0.15) is 6.85 Å². The molecule has 0 amide bonds. The summed E-state index contributed by atoms with van der Waals surface area (Å²) in [6, 6.07) is 34.0. The van der Waals surface area contributed by atoms with Gasteiger partial charge in [0.2, 0.25) is 0 Å². The molecule has 0 saturated carbocycles. The van der Waals surface area contributed by atoms with Crippen molar-refractivity contribution in [2.45, 2.75) is 0 Å². The first-order valence-corrected chi connectivity index (χ1v) is 14.9. The number of fused-ring (bicyclic) bond motifs is 6. The van der Waals surface area contributed by atoms with Crippen LogP contribution in [0.15, 0.2) is 144 Å². The molecule has 0 atom stereocenters. The first-order chi connectivity index (χ1) is 23.9. The lowest BCUT2D eigenvalue weighted by molar-refractivity contribution is 0.669. The van der Waals surface area contributed by atoms with E-state index in [0.717, 1.165) is 58.8 Å². The van der Waals surface area contributed by atoms with Gasteiger partial charge in [-0.2, -0.15) is 0 Å². The maximum atomic E-state index is 8.59. The first kappa shape index (κ1) is 20.3. The quantitative estimate of drug-likeness (QED) is 0.206. The summed E-state index contributed by atoms with van der Waals surface area (Å²) in [6.07, 6.45) is 0. The van der Waals surface area contributed by atoms with Gasteiger partial charge in [0.15, 0.2) is 17.5 Å². The minimum Gasteiger partial charge on any atom is -0.456 e. The Balaban J connectivity index is 1.22. The molecule has 3 aromatic heterocycles. The van der Waals surface area contributed by atoms with Gasteiger partial charge < -0.3 is 4.42 Å². The van der Waals surface area contributed by atoms with Crippen LogP contribution in [0.4, 0.5) is 0 Å². The van der Waals surface area contributed by atoms with Gasteiger partial charge in [-0.1, -0.05) is 115 Å². The zero-order chi connectivity index (χ0) is 33.4. The van der Waals surface area contributed by atoms with E-state index >= 15 is 0 Å². The Bertz CT molecular complexity index is 2770. The minimum absolute atomic E-state index is 0.194. The molecule has 5 heteroatoms. The molecule has 0 spiro atoms. The van der Waals surface area contributed by atoms with Crippen LogP contribution in [0.2, 0.25) is 0 Å². The Morgan fingerprint density at radius 1 is 0.500 bits per heavy atom. The third-order valence-electron chi connectivity index (χ3n) is 7.83. The van der Waals surface area contributed by atoms with Gasteiger partial charge in [-0.25, -0.2) is 15.0 Å². The molecule has 0 bridgehead atoms. The van der Waals surface area contributed by atoms with Crippen LogP contribution < -0.4 is 0 Å². The fraction of sp³-hybridized carbons (Fsp3) is 0. The van der Waals surface area contributed by atoms with E-state index in [2.05, 4.69) is 0 Å². The minimum atomic E-state index is -0.406. The van der Waals surface area contributed by atoms with Gasteiger partial charge in [0.1, 0.15) is 11.2 Å². The van der Waals surface area contributed by atoms with Crippen LogP contribution in [0.5, 0.6) is 0 Å². The van der Waals surface area contributed by atoms with Gasteiger partial charge in [0.05, 0.1) is 6.85 Å². The van der Waals surface area contributed by atoms with Crippen LogP contribution in [-0.4, -0.2) is 15.0 Å². The van der Waals surface area contributed by atoms with Crippen LogP contribution in [0.25, 0.3) is 87.4 Å². The number of hydrogen-bond donors (Lipinski definition) is 0. The number of furan rings is 1. The van der Waals surface area contributed by atoms with Crippen molar-refractivity contribution >= 4 is 53.4 Å². The third-order valence-corrected chi connectivity index (χ3v) is 9.03. The molecule has 4 nitrogen and oxygen atoms in total. The Morgan fingerprint density at radius 2 is 1.16 bits per heavy atom. The lowest BCUT2D eigenvalue weighted by Crippen LogP contribution is -2.00. The molecule has 9 rings (SSSR count). The monoisotopic (exact) mass is 586 g/mol. The molecule has 6 aromatic carbocycles. The Labute approximate surface area is 264 Å². The van der Waals surface area contributed by atoms with Crippen LogP contribution in [-0.2, 0) is 0 Å². The van der Waals surface area contributed by atoms with E-state index in [1.807, 2.05) is 109 Å². The van der Waals surface area contributed by atoms with Crippen LogP contribution in [0, 0.1) is 0 Å². The molecule has 0 aliphatic rings. The van der Waals surface area contributed by atoms with Crippen LogP contribution >= 0.6 is 11.3 Å². The largest absolute Gasteiger partial charge is 0.456 e. The highest BCUT2D eigenvalue weighted by Gasteiger charge is 2.16. The number of para-hydroxylation sites is 1. The van der Waals surface area contributed by atoms with E-state index in [1.54, 1.807) is 0 Å². The fourth-order valence-corrected chi connectivity index (χ4v) is 7.00. The topological polar surface area (TPSA) is 51.8 Å². The van der Waals surface area contributed by atoms with Gasteiger partial charge >= 0.3 is 0 Å². The molecule has 0 unspecified atom stereocenters. The molecule has 0 fully saturated rings. The van der Waals surface area contributed by atoms with E-state index in [0.29, 0.717) is 23.0 Å². The number of thiophene rings is 1. The van der Waals surface area contributed by atoms with Crippen LogP contribution in [0.3, 0.4) is 0 Å². The highest BCUT2D eigenvalue weighted by atomic mass is 32.1. The molecule has 206 valence electrons. The maximum absolute atomic E-state index is 8.59. The highest BCUT2D eigenvalue weighted by Crippen LogP contribution is 2.41. The molecule has 0 radical (unpaired) electrons. The highest BCUT2D eigenvalue weighted by molar-refractivity contribution is 7.26. The van der Waals surface area contributed by atoms with E-state index in [4.69, 9.17) is 26.2 Å². The number of rotatable bonds is 4. The SMILES string of the molecule is [2H]c1c([2H])c([2H])c(-c2cccc3c2sc2cc(-c4nc(-c5ccccc5)nc(-c5ccc6c(c5)oc5ccccc56)n4)ccc23)c([2H])c1[2H]. The summed E-state index contributed by atoms with van der Waals surface area (Å²) >= 11 is 1.51. The number of aromatic nitrogens is 3. The van der Waals surface area contributed by atoms with Gasteiger partial charge in [0.25, 0.3) is 0 Å². The Morgan fingerprint density at radius 3 is 1.98 bits per heavy atom. The summed E-state index contributed by atoms with van der Waals surface area (Å²) in [4.78, 5) is 14.8. The summed E-state index contributed by atoms with van der Waals surface area (Å²) in [5.74, 6) is 1.58. The molecule has 0 aliphatic carbocycles. The lowest BCUT2D eigenvalue weighted by atomic mass is 10.0. The lowest BCUT2D eigenvalue weighted by Gasteiger charge is -2.08. The van der Waals surface area contributed by atoms with Crippen molar-refractivity contribution < 1.29 is 11.3 Å². The summed E-state index contributed by atoms with van der Waals surface area (Å²) < 4.78 is 49.6. The third kappa shape index (κ3) is 4.09. The van der Waals surface area contributed by atoms with Crippen molar-refractivity contribution in [2.24, 2.45) is 0 Å². The summed E-state index contributed by atoms with van der Waals surface area (Å²) in [5, 5.41) is 4.01. The van der Waals surface area contributed by atoms with Crippen molar-refractivity contribution in [2.75, 3.05) is 0 Å². The predicted molar refractivity (Wildman–Crippen MR) is 182 cm³/mol. The van der Waals surface area contributed by atoms with Crippen molar-refractivity contribution in [1.82, 2.24) is 15.0 Å². The van der Waals surface area contributed by atoms with Crippen molar-refractivity contribution in [3.63, 3.8) is 0 Å². The van der Waals surface area contributed by atoms with E-state index < -0.39 is 6.04 Å². The van der Waals surface area contributed by atoms with Crippen molar-refractivity contribution in [3.8, 4) is 45.3 Å². The average molecular weight is 587 g/mol. The molecule has 9 aromatic rings. The van der Waals surface area contributed by atoms with Gasteiger partial charge in [-0.3, -0.25) is 0 Å². The number of benzene rings is 6. The second-order valence-electron chi connectivity index (χ2n) is 10.5. The molecule has 3 heterocycles. The predicted octanol–water partition coefficient (Wildman–Crippen LogP) is 10.8. The molecular weight excluding hydrogens is 559 g/mol. The molecule has 0 aliphatic heterocycles.